The molecule has 2 heterocycles. The number of carbonyl (C=O) groups is 1. The first-order valence-electron chi connectivity index (χ1n) is 8.35. The van der Waals surface area contributed by atoms with Gasteiger partial charge in [-0.05, 0) is 44.5 Å². The first kappa shape index (κ1) is 16.6. The quantitative estimate of drug-likeness (QED) is 0.762. The SMILES string of the molecule is COc1ccc2c3c1O[C@H]1C(=O)CC[C@@]4(O)[C@@H](C2)N(C)CC[C@]314.[Mg+2]. The zero-order valence-electron chi connectivity index (χ0n) is 14.2. The number of hydrogen-bond acceptors (Lipinski definition) is 5. The second-order valence-electron chi connectivity index (χ2n) is 7.44. The van der Waals surface area contributed by atoms with Gasteiger partial charge in [0.15, 0.2) is 23.4 Å². The Balaban J connectivity index is 0.00000146. The van der Waals surface area contributed by atoms with Gasteiger partial charge in [-0.15, -0.1) is 0 Å². The van der Waals surface area contributed by atoms with E-state index in [9.17, 15) is 9.90 Å². The van der Waals surface area contributed by atoms with Crippen LogP contribution in [0.3, 0.4) is 0 Å². The van der Waals surface area contributed by atoms with Crippen molar-refractivity contribution in [1.82, 2.24) is 4.90 Å². The first-order valence-corrected chi connectivity index (χ1v) is 8.35. The Hall–Kier alpha value is -0.824. The second-order valence-corrected chi connectivity index (χ2v) is 7.44. The number of likely N-dealkylation sites (N-methyl/N-ethyl adjacent to an activating group) is 1. The average molecular weight is 340 g/mol. The number of ether oxygens (including phenoxy) is 2. The Morgan fingerprint density at radius 2 is 2.17 bits per heavy atom. The molecule has 1 saturated carbocycles. The Morgan fingerprint density at radius 1 is 1.38 bits per heavy atom. The van der Waals surface area contributed by atoms with E-state index in [-0.39, 0.29) is 34.9 Å². The Labute approximate surface area is 157 Å². The summed E-state index contributed by atoms with van der Waals surface area (Å²) in [5.41, 5.74) is 0.737. The van der Waals surface area contributed by atoms with Crippen LogP contribution in [0.2, 0.25) is 0 Å². The Morgan fingerprint density at radius 3 is 2.92 bits per heavy atom. The minimum Gasteiger partial charge on any atom is -0.493 e. The third-order valence-electron chi connectivity index (χ3n) is 6.73. The number of benzene rings is 1. The van der Waals surface area contributed by atoms with Crippen LogP contribution < -0.4 is 9.47 Å². The number of methoxy groups -OCH3 is 1. The summed E-state index contributed by atoms with van der Waals surface area (Å²) in [5, 5.41) is 11.7. The fraction of sp³-hybridized carbons (Fsp3) is 0.611. The molecule has 122 valence electrons. The van der Waals surface area contributed by atoms with E-state index in [0.717, 1.165) is 24.9 Å². The minimum atomic E-state index is -0.900. The molecule has 6 heteroatoms. The van der Waals surface area contributed by atoms with Gasteiger partial charge in [-0.3, -0.25) is 4.79 Å². The molecule has 4 atom stereocenters. The van der Waals surface area contributed by atoms with Crippen LogP contribution in [-0.4, -0.2) is 77.3 Å². The molecule has 0 amide bonds. The summed E-state index contributed by atoms with van der Waals surface area (Å²) in [6.45, 7) is 0.871. The van der Waals surface area contributed by atoms with E-state index in [1.165, 1.54) is 5.56 Å². The van der Waals surface area contributed by atoms with E-state index in [4.69, 9.17) is 9.47 Å². The maximum Gasteiger partial charge on any atom is 2.00 e. The first-order chi connectivity index (χ1) is 11.0. The van der Waals surface area contributed by atoms with Gasteiger partial charge < -0.3 is 19.5 Å². The largest absolute Gasteiger partial charge is 2.00 e. The van der Waals surface area contributed by atoms with E-state index in [1.807, 2.05) is 6.07 Å². The molecule has 0 aromatic heterocycles. The molecule has 1 aromatic rings. The molecular weight excluding hydrogens is 319 g/mol. The fourth-order valence-electron chi connectivity index (χ4n) is 5.69. The third-order valence-corrected chi connectivity index (χ3v) is 6.73. The van der Waals surface area contributed by atoms with Gasteiger partial charge in [0.2, 0.25) is 0 Å². The van der Waals surface area contributed by atoms with E-state index >= 15 is 0 Å². The molecule has 24 heavy (non-hydrogen) atoms. The number of carbonyl (C=O) groups excluding carboxylic acids is 1. The molecule has 2 aliphatic heterocycles. The zero-order chi connectivity index (χ0) is 16.0. The van der Waals surface area contributed by atoms with Crippen LogP contribution in [0.25, 0.3) is 0 Å². The van der Waals surface area contributed by atoms with Crippen molar-refractivity contribution in [2.75, 3.05) is 20.7 Å². The van der Waals surface area contributed by atoms with Crippen LogP contribution in [0.1, 0.15) is 30.4 Å². The predicted molar refractivity (Wildman–Crippen MR) is 88.8 cm³/mol. The van der Waals surface area contributed by atoms with Gasteiger partial charge in [-0.2, -0.15) is 0 Å². The fourth-order valence-corrected chi connectivity index (χ4v) is 5.69. The van der Waals surface area contributed by atoms with Crippen LogP contribution in [0.15, 0.2) is 12.1 Å². The number of piperidine rings is 1. The van der Waals surface area contributed by atoms with Crippen LogP contribution in [0.5, 0.6) is 11.5 Å². The second kappa shape index (κ2) is 5.10. The number of Topliss-reactive ketones (excluding diaryl/α,β-unsaturated/α-hetero) is 1. The summed E-state index contributed by atoms with van der Waals surface area (Å²) in [6.07, 6.45) is 1.89. The van der Waals surface area contributed by atoms with E-state index < -0.39 is 17.1 Å². The van der Waals surface area contributed by atoms with Crippen LogP contribution in [0, 0.1) is 0 Å². The van der Waals surface area contributed by atoms with Crippen molar-refractivity contribution in [1.29, 1.82) is 0 Å². The van der Waals surface area contributed by atoms with Gasteiger partial charge in [0.05, 0.1) is 18.1 Å². The standard InChI is InChI=1S/C18H21NO4.Mg/c1-19-8-7-17-14-10-3-4-12(22-2)15(14)23-16(17)11(20)5-6-18(17,21)13(19)9-10;/h3-4,13,16,21H,5-9H2,1-2H3;/q;+2/t13-,16+,17+,18-;/m1./s1. The van der Waals surface area contributed by atoms with Gasteiger partial charge in [-0.25, -0.2) is 0 Å². The molecule has 2 fully saturated rings. The van der Waals surface area contributed by atoms with E-state index in [0.29, 0.717) is 24.3 Å². The summed E-state index contributed by atoms with van der Waals surface area (Å²) in [6, 6.07) is 4.05. The van der Waals surface area contributed by atoms with Crippen LogP contribution in [-0.2, 0) is 16.6 Å². The monoisotopic (exact) mass is 339 g/mol. The molecule has 1 spiro atoms. The molecule has 5 nitrogen and oxygen atoms in total. The van der Waals surface area contributed by atoms with Crippen LogP contribution in [0.4, 0.5) is 0 Å². The van der Waals surface area contributed by atoms with Crippen molar-refractivity contribution < 1.29 is 19.4 Å². The van der Waals surface area contributed by atoms with Crippen molar-refractivity contribution in [3.63, 3.8) is 0 Å². The number of likely N-dealkylation sites (tertiary alicyclic amines) is 1. The van der Waals surface area contributed by atoms with Crippen molar-refractivity contribution >= 4 is 28.8 Å². The predicted octanol–water partition coefficient (Wildman–Crippen LogP) is 0.667. The number of hydrogen-bond donors (Lipinski definition) is 1. The number of rotatable bonds is 1. The van der Waals surface area contributed by atoms with E-state index in [1.54, 1.807) is 7.11 Å². The molecule has 5 rings (SSSR count). The summed E-state index contributed by atoms with van der Waals surface area (Å²) in [7, 11) is 3.70. The summed E-state index contributed by atoms with van der Waals surface area (Å²) in [4.78, 5) is 14.9. The van der Waals surface area contributed by atoms with Crippen molar-refractivity contribution in [2.24, 2.45) is 0 Å². The summed E-state index contributed by atoms with van der Waals surface area (Å²) >= 11 is 0. The molecule has 2 aliphatic carbocycles. The summed E-state index contributed by atoms with van der Waals surface area (Å²) < 4.78 is 11.6. The smallest absolute Gasteiger partial charge is 0.493 e. The zero-order valence-corrected chi connectivity index (χ0v) is 15.6. The van der Waals surface area contributed by atoms with Crippen molar-refractivity contribution in [3.8, 4) is 11.5 Å². The summed E-state index contributed by atoms with van der Waals surface area (Å²) in [5.74, 6) is 1.47. The van der Waals surface area contributed by atoms with Gasteiger partial charge in [0.1, 0.15) is 0 Å². The maximum absolute atomic E-state index is 12.7. The molecule has 4 aliphatic rings. The van der Waals surface area contributed by atoms with E-state index in [2.05, 4.69) is 18.0 Å². The topological polar surface area (TPSA) is 59.0 Å². The molecule has 1 saturated heterocycles. The normalized spacial score (nSPS) is 38.9. The Bertz CT molecular complexity index is 738. The number of nitrogens with zero attached hydrogens (tertiary/aromatic N) is 1. The van der Waals surface area contributed by atoms with Gasteiger partial charge >= 0.3 is 23.1 Å². The molecule has 1 aromatic carbocycles. The van der Waals surface area contributed by atoms with Crippen molar-refractivity contribution in [2.45, 2.75) is 48.8 Å². The van der Waals surface area contributed by atoms with Gasteiger partial charge in [0, 0.05) is 18.0 Å². The van der Waals surface area contributed by atoms with Gasteiger partial charge in [0.25, 0.3) is 0 Å². The number of aliphatic hydroxyl groups is 1. The average Bonchev–Trinajstić information content (AvgIpc) is 2.90. The van der Waals surface area contributed by atoms with Gasteiger partial charge in [-0.1, -0.05) is 6.07 Å². The molecule has 1 N–H and O–H groups in total. The maximum atomic E-state index is 12.7. The molecule has 2 bridgehead atoms. The molecule has 0 radical (unpaired) electrons. The molecular formula is C18H21MgNO4+2. The minimum absolute atomic E-state index is 0. The van der Waals surface area contributed by atoms with Crippen molar-refractivity contribution in [3.05, 3.63) is 23.3 Å². The molecule has 0 unspecified atom stereocenters. The third kappa shape index (κ3) is 1.61. The Kier molecular flexibility index (Phi) is 3.53. The number of ketones is 1. The van der Waals surface area contributed by atoms with Crippen LogP contribution >= 0.6 is 0 Å².